The van der Waals surface area contributed by atoms with Gasteiger partial charge in [0.1, 0.15) is 5.82 Å². The van der Waals surface area contributed by atoms with Crippen molar-refractivity contribution in [3.05, 3.63) is 23.9 Å². The summed E-state index contributed by atoms with van der Waals surface area (Å²) >= 11 is 0. The van der Waals surface area contributed by atoms with E-state index in [0.29, 0.717) is 0 Å². The third-order valence-electron chi connectivity index (χ3n) is 3.14. The second-order valence-corrected chi connectivity index (χ2v) is 4.10. The van der Waals surface area contributed by atoms with Crippen LogP contribution in [0.3, 0.4) is 0 Å². The topological polar surface area (TPSA) is 39.6 Å². The molecule has 0 unspecified atom stereocenters. The number of aliphatic hydroxyl groups is 1. The smallest absolute Gasteiger partial charge is 0.128 e. The lowest BCUT2D eigenvalue weighted by Crippen LogP contribution is -2.46. The molecule has 2 heterocycles. The summed E-state index contributed by atoms with van der Waals surface area (Å²) in [4.78, 5) is 9.11. The lowest BCUT2D eigenvalue weighted by molar-refractivity contribution is 0.270. The summed E-state index contributed by atoms with van der Waals surface area (Å²) in [5, 5.41) is 8.95. The molecule has 2 rings (SSSR count). The highest BCUT2D eigenvalue weighted by Gasteiger charge is 2.16. The number of anilines is 1. The first-order chi connectivity index (χ1) is 7.83. The number of pyridine rings is 1. The highest BCUT2D eigenvalue weighted by molar-refractivity contribution is 5.39. The van der Waals surface area contributed by atoms with Crippen LogP contribution in [0.1, 0.15) is 12.5 Å². The van der Waals surface area contributed by atoms with E-state index in [1.54, 1.807) is 6.20 Å². The van der Waals surface area contributed by atoms with Crippen molar-refractivity contribution in [2.75, 3.05) is 37.6 Å². The van der Waals surface area contributed by atoms with Gasteiger partial charge in [0, 0.05) is 32.4 Å². The largest absolute Gasteiger partial charge is 0.392 e. The van der Waals surface area contributed by atoms with Crippen LogP contribution in [0.2, 0.25) is 0 Å². The normalized spacial score (nSPS) is 17.8. The Morgan fingerprint density at radius 3 is 2.50 bits per heavy atom. The number of hydrogen-bond donors (Lipinski definition) is 1. The van der Waals surface area contributed by atoms with Gasteiger partial charge in [0.25, 0.3) is 0 Å². The van der Waals surface area contributed by atoms with Crippen LogP contribution in [-0.4, -0.2) is 47.7 Å². The minimum Gasteiger partial charge on any atom is -0.392 e. The molecule has 0 aromatic carbocycles. The van der Waals surface area contributed by atoms with Crippen LogP contribution < -0.4 is 4.90 Å². The van der Waals surface area contributed by atoms with Crippen LogP contribution in [0, 0.1) is 0 Å². The van der Waals surface area contributed by atoms with Crippen molar-refractivity contribution in [3.63, 3.8) is 0 Å². The molecule has 0 amide bonds. The maximum atomic E-state index is 8.95. The van der Waals surface area contributed by atoms with Gasteiger partial charge in [-0.25, -0.2) is 4.98 Å². The summed E-state index contributed by atoms with van der Waals surface area (Å²) in [5.41, 5.74) is 0.871. The van der Waals surface area contributed by atoms with Crippen LogP contribution in [0.25, 0.3) is 0 Å². The molecule has 0 atom stereocenters. The van der Waals surface area contributed by atoms with Crippen LogP contribution in [0.5, 0.6) is 0 Å². The average molecular weight is 221 g/mol. The van der Waals surface area contributed by atoms with E-state index < -0.39 is 0 Å². The molecule has 0 saturated carbocycles. The molecule has 1 aromatic heterocycles. The Kier molecular flexibility index (Phi) is 3.74. The fourth-order valence-corrected chi connectivity index (χ4v) is 1.99. The van der Waals surface area contributed by atoms with E-state index >= 15 is 0 Å². The first-order valence-electron chi connectivity index (χ1n) is 5.86. The van der Waals surface area contributed by atoms with E-state index in [2.05, 4.69) is 21.7 Å². The Labute approximate surface area is 96.5 Å². The highest BCUT2D eigenvalue weighted by Crippen LogP contribution is 2.13. The monoisotopic (exact) mass is 221 g/mol. The lowest BCUT2D eigenvalue weighted by Gasteiger charge is -2.34. The SMILES string of the molecule is CCN1CCN(c2ccc(CO)cn2)CC1. The molecule has 4 nitrogen and oxygen atoms in total. The molecule has 1 aromatic rings. The number of rotatable bonds is 3. The van der Waals surface area contributed by atoms with E-state index in [0.717, 1.165) is 44.1 Å². The molecule has 1 aliphatic heterocycles. The average Bonchev–Trinajstić information content (AvgIpc) is 2.39. The highest BCUT2D eigenvalue weighted by atomic mass is 16.3. The number of piperazine rings is 1. The molecule has 0 bridgehead atoms. The van der Waals surface area contributed by atoms with Gasteiger partial charge >= 0.3 is 0 Å². The van der Waals surface area contributed by atoms with Gasteiger partial charge < -0.3 is 14.9 Å². The van der Waals surface area contributed by atoms with Crippen molar-refractivity contribution in [1.29, 1.82) is 0 Å². The van der Waals surface area contributed by atoms with Crippen LogP contribution in [0.4, 0.5) is 5.82 Å². The van der Waals surface area contributed by atoms with Crippen molar-refractivity contribution >= 4 is 5.82 Å². The van der Waals surface area contributed by atoms with Gasteiger partial charge in [0.2, 0.25) is 0 Å². The Hall–Kier alpha value is -1.13. The third kappa shape index (κ3) is 2.51. The van der Waals surface area contributed by atoms with E-state index in [4.69, 9.17) is 5.11 Å². The molecular formula is C12H19N3O. The van der Waals surface area contributed by atoms with Crippen molar-refractivity contribution in [3.8, 4) is 0 Å². The van der Waals surface area contributed by atoms with Crippen molar-refractivity contribution in [2.24, 2.45) is 0 Å². The Bertz CT molecular complexity index is 318. The Balaban J connectivity index is 1.97. The van der Waals surface area contributed by atoms with Crippen LogP contribution in [-0.2, 0) is 6.61 Å². The first-order valence-corrected chi connectivity index (χ1v) is 5.86. The zero-order valence-corrected chi connectivity index (χ0v) is 9.76. The van der Waals surface area contributed by atoms with Gasteiger partial charge in [0.05, 0.1) is 6.61 Å². The number of aliphatic hydroxyl groups excluding tert-OH is 1. The molecule has 1 fully saturated rings. The summed E-state index contributed by atoms with van der Waals surface area (Å²) in [5.74, 6) is 1.02. The summed E-state index contributed by atoms with van der Waals surface area (Å²) < 4.78 is 0. The molecule has 88 valence electrons. The maximum Gasteiger partial charge on any atom is 0.128 e. The van der Waals surface area contributed by atoms with Crippen molar-refractivity contribution < 1.29 is 5.11 Å². The molecule has 4 heteroatoms. The molecule has 1 N–H and O–H groups in total. The van der Waals surface area contributed by atoms with E-state index in [1.165, 1.54) is 0 Å². The quantitative estimate of drug-likeness (QED) is 0.816. The van der Waals surface area contributed by atoms with Gasteiger partial charge in [0.15, 0.2) is 0 Å². The molecule has 1 saturated heterocycles. The Morgan fingerprint density at radius 2 is 2.00 bits per heavy atom. The van der Waals surface area contributed by atoms with E-state index in [9.17, 15) is 0 Å². The van der Waals surface area contributed by atoms with E-state index in [-0.39, 0.29) is 6.61 Å². The number of hydrogen-bond acceptors (Lipinski definition) is 4. The van der Waals surface area contributed by atoms with Crippen molar-refractivity contribution in [1.82, 2.24) is 9.88 Å². The summed E-state index contributed by atoms with van der Waals surface area (Å²) in [6.45, 7) is 7.70. The second-order valence-electron chi connectivity index (χ2n) is 4.10. The summed E-state index contributed by atoms with van der Waals surface area (Å²) in [6, 6.07) is 3.93. The number of likely N-dealkylation sites (N-methyl/N-ethyl adjacent to an activating group) is 1. The molecule has 1 aliphatic rings. The number of aromatic nitrogens is 1. The van der Waals surface area contributed by atoms with Crippen molar-refractivity contribution in [2.45, 2.75) is 13.5 Å². The lowest BCUT2D eigenvalue weighted by atomic mass is 10.2. The van der Waals surface area contributed by atoms with Crippen LogP contribution >= 0.6 is 0 Å². The van der Waals surface area contributed by atoms with Gasteiger partial charge in [-0.05, 0) is 18.2 Å². The second kappa shape index (κ2) is 5.27. The summed E-state index contributed by atoms with van der Waals surface area (Å²) in [6.07, 6.45) is 1.75. The fourth-order valence-electron chi connectivity index (χ4n) is 1.99. The molecule has 0 radical (unpaired) electrons. The van der Waals surface area contributed by atoms with Gasteiger partial charge in [-0.3, -0.25) is 0 Å². The number of nitrogens with zero attached hydrogens (tertiary/aromatic N) is 3. The third-order valence-corrected chi connectivity index (χ3v) is 3.14. The molecule has 0 spiro atoms. The predicted molar refractivity (Wildman–Crippen MR) is 64.5 cm³/mol. The maximum absolute atomic E-state index is 8.95. The Morgan fingerprint density at radius 1 is 1.25 bits per heavy atom. The standard InChI is InChI=1S/C12H19N3O/c1-2-14-5-7-15(8-6-14)12-4-3-11(10-16)9-13-12/h3-4,9,16H,2,5-8,10H2,1H3. The zero-order valence-electron chi connectivity index (χ0n) is 9.76. The molecule has 0 aliphatic carbocycles. The van der Waals surface area contributed by atoms with Gasteiger partial charge in [-0.15, -0.1) is 0 Å². The molecular weight excluding hydrogens is 202 g/mol. The van der Waals surface area contributed by atoms with Gasteiger partial charge in [-0.1, -0.05) is 13.0 Å². The summed E-state index contributed by atoms with van der Waals surface area (Å²) in [7, 11) is 0. The fraction of sp³-hybridized carbons (Fsp3) is 0.583. The van der Waals surface area contributed by atoms with E-state index in [1.807, 2.05) is 12.1 Å². The first kappa shape index (κ1) is 11.4. The predicted octanol–water partition coefficient (Wildman–Crippen LogP) is 0.716. The minimum absolute atomic E-state index is 0.0664. The minimum atomic E-state index is 0.0664. The van der Waals surface area contributed by atoms with Gasteiger partial charge in [-0.2, -0.15) is 0 Å². The zero-order chi connectivity index (χ0) is 11.4. The van der Waals surface area contributed by atoms with Crippen LogP contribution in [0.15, 0.2) is 18.3 Å². The molecule has 16 heavy (non-hydrogen) atoms.